The van der Waals surface area contributed by atoms with Gasteiger partial charge in [0, 0.05) is 27.8 Å². The highest BCUT2D eigenvalue weighted by atomic mass is 35.5. The molecule has 1 aromatic heterocycles. The van der Waals surface area contributed by atoms with Crippen LogP contribution in [0.1, 0.15) is 66.1 Å². The number of nitrogens with one attached hydrogen (secondary N) is 1. The van der Waals surface area contributed by atoms with Gasteiger partial charge in [-0.1, -0.05) is 36.5 Å². The molecular weight excluding hydrogens is 557 g/mol. The van der Waals surface area contributed by atoms with Gasteiger partial charge in [-0.15, -0.1) is 22.9 Å². The molecule has 0 radical (unpaired) electrons. The number of alkyl halides is 1. The lowest BCUT2D eigenvalue weighted by atomic mass is 9.92. The molecule has 0 aliphatic heterocycles. The Hall–Kier alpha value is -1.35. The van der Waals surface area contributed by atoms with Crippen LogP contribution in [0.4, 0.5) is 0 Å². The Bertz CT molecular complexity index is 1100. The van der Waals surface area contributed by atoms with Gasteiger partial charge < -0.3 is 20.3 Å². The average Bonchev–Trinajstić information content (AvgIpc) is 3.46. The van der Waals surface area contributed by atoms with Crippen LogP contribution in [0, 0.1) is 5.92 Å². The SMILES string of the molecule is CCCc1sc(C(=O)OCC(CO)(CO)NC(C)=O)cc1-c1c(Cl)cc(Cl)cc1CC[C@H]1CC[C@@H](Cl)C1. The van der Waals surface area contributed by atoms with Gasteiger partial charge >= 0.3 is 5.97 Å². The lowest BCUT2D eigenvalue weighted by Crippen LogP contribution is -2.57. The van der Waals surface area contributed by atoms with Gasteiger partial charge in [0.15, 0.2) is 0 Å². The van der Waals surface area contributed by atoms with Gasteiger partial charge in [-0.2, -0.15) is 0 Å². The number of ether oxygens (including phenoxy) is 1. The zero-order valence-corrected chi connectivity index (χ0v) is 24.2. The van der Waals surface area contributed by atoms with Crippen LogP contribution in [-0.2, 0) is 22.4 Å². The van der Waals surface area contributed by atoms with E-state index in [2.05, 4.69) is 12.2 Å². The summed E-state index contributed by atoms with van der Waals surface area (Å²) in [5, 5.41) is 23.2. The lowest BCUT2D eigenvalue weighted by Gasteiger charge is -2.29. The van der Waals surface area contributed by atoms with Crippen LogP contribution >= 0.6 is 46.1 Å². The quantitative estimate of drug-likeness (QED) is 0.207. The molecule has 1 aliphatic rings. The Balaban J connectivity index is 1.89. The molecule has 10 heteroatoms. The number of hydrogen-bond acceptors (Lipinski definition) is 6. The molecule has 0 unspecified atom stereocenters. The number of aryl methyl sites for hydroxylation is 2. The summed E-state index contributed by atoms with van der Waals surface area (Å²) in [4.78, 5) is 25.9. The van der Waals surface area contributed by atoms with Crippen molar-refractivity contribution < 1.29 is 24.5 Å². The summed E-state index contributed by atoms with van der Waals surface area (Å²) < 4.78 is 5.43. The summed E-state index contributed by atoms with van der Waals surface area (Å²) in [5.41, 5.74) is 1.34. The van der Waals surface area contributed by atoms with Crippen LogP contribution in [0.25, 0.3) is 11.1 Å². The predicted molar refractivity (Wildman–Crippen MR) is 150 cm³/mol. The Morgan fingerprint density at radius 1 is 1.16 bits per heavy atom. The molecule has 37 heavy (non-hydrogen) atoms. The van der Waals surface area contributed by atoms with Gasteiger partial charge in [0.25, 0.3) is 0 Å². The molecular formula is C27H34Cl3NO5S. The van der Waals surface area contributed by atoms with E-state index in [1.165, 1.54) is 18.3 Å². The highest BCUT2D eigenvalue weighted by Crippen LogP contribution is 2.42. The van der Waals surface area contributed by atoms with Crippen LogP contribution in [-0.4, -0.2) is 52.8 Å². The lowest BCUT2D eigenvalue weighted by molar-refractivity contribution is -0.123. The largest absolute Gasteiger partial charge is 0.459 e. The Kier molecular flexibility index (Phi) is 11.1. The predicted octanol–water partition coefficient (Wildman–Crippen LogP) is 6.03. The minimum Gasteiger partial charge on any atom is -0.459 e. The molecule has 2 atom stereocenters. The van der Waals surface area contributed by atoms with E-state index in [1.807, 2.05) is 6.07 Å². The number of amides is 1. The van der Waals surface area contributed by atoms with Crippen molar-refractivity contribution >= 4 is 58.0 Å². The van der Waals surface area contributed by atoms with E-state index < -0.39 is 30.6 Å². The molecule has 2 aromatic rings. The first kappa shape index (κ1) is 30.2. The maximum Gasteiger partial charge on any atom is 0.348 e. The summed E-state index contributed by atoms with van der Waals surface area (Å²) in [5.74, 6) is -0.485. The first-order valence-corrected chi connectivity index (χ1v) is 14.5. The second-order valence-corrected chi connectivity index (χ2v) is 12.4. The van der Waals surface area contributed by atoms with Crippen molar-refractivity contribution in [3.05, 3.63) is 43.6 Å². The smallest absolute Gasteiger partial charge is 0.348 e. The molecule has 3 rings (SSSR count). The monoisotopic (exact) mass is 589 g/mol. The Morgan fingerprint density at radius 2 is 1.89 bits per heavy atom. The summed E-state index contributed by atoms with van der Waals surface area (Å²) in [6, 6.07) is 5.46. The van der Waals surface area contributed by atoms with Crippen molar-refractivity contribution in [1.29, 1.82) is 0 Å². The molecule has 1 aromatic carbocycles. The Labute approximate surface area is 237 Å². The van der Waals surface area contributed by atoms with E-state index in [4.69, 9.17) is 39.5 Å². The van der Waals surface area contributed by atoms with Crippen molar-refractivity contribution in [1.82, 2.24) is 5.32 Å². The topological polar surface area (TPSA) is 95.9 Å². The first-order chi connectivity index (χ1) is 17.6. The van der Waals surface area contributed by atoms with Crippen LogP contribution < -0.4 is 5.32 Å². The molecule has 1 saturated carbocycles. The fraction of sp³-hybridized carbons (Fsp3) is 0.556. The highest BCUT2D eigenvalue weighted by molar-refractivity contribution is 7.14. The number of esters is 1. The fourth-order valence-corrected chi connectivity index (χ4v) is 7.00. The number of hydrogen-bond donors (Lipinski definition) is 3. The molecule has 0 spiro atoms. The van der Waals surface area contributed by atoms with Gasteiger partial charge in [-0.25, -0.2) is 4.79 Å². The molecule has 6 nitrogen and oxygen atoms in total. The zero-order chi connectivity index (χ0) is 27.2. The van der Waals surface area contributed by atoms with Crippen LogP contribution in [0.3, 0.4) is 0 Å². The summed E-state index contributed by atoms with van der Waals surface area (Å²) >= 11 is 20.8. The number of aliphatic hydroxyl groups excluding tert-OH is 2. The number of aliphatic hydroxyl groups is 2. The van der Waals surface area contributed by atoms with E-state index >= 15 is 0 Å². The number of halogens is 3. The highest BCUT2D eigenvalue weighted by Gasteiger charge is 2.32. The van der Waals surface area contributed by atoms with Gasteiger partial charge in [0.05, 0.1) is 18.2 Å². The van der Waals surface area contributed by atoms with Gasteiger partial charge in [0.2, 0.25) is 5.91 Å². The van der Waals surface area contributed by atoms with Crippen LogP contribution in [0.5, 0.6) is 0 Å². The standard InChI is InChI=1S/C27H34Cl3NO5S/c1-3-4-23-21(12-24(37-23)26(35)36-15-27(13-32,14-33)31-16(2)34)25-18(10-20(29)11-22(25)30)7-5-17-6-8-19(28)9-17/h10-12,17,19,32-33H,3-9,13-15H2,1-2H3,(H,31,34)/t17-,19+/m0/s1. The fourth-order valence-electron chi connectivity index (χ4n) is 4.82. The molecule has 1 heterocycles. The number of carbonyl (C=O) groups is 2. The third-order valence-electron chi connectivity index (χ3n) is 6.72. The summed E-state index contributed by atoms with van der Waals surface area (Å²) in [6.45, 7) is 1.80. The maximum absolute atomic E-state index is 13.0. The van der Waals surface area contributed by atoms with Crippen LogP contribution in [0.15, 0.2) is 18.2 Å². The zero-order valence-electron chi connectivity index (χ0n) is 21.1. The molecule has 0 bridgehead atoms. The molecule has 204 valence electrons. The molecule has 1 amide bonds. The number of rotatable bonds is 12. The summed E-state index contributed by atoms with van der Waals surface area (Å²) in [6.07, 6.45) is 6.60. The van der Waals surface area contributed by atoms with E-state index in [0.29, 0.717) is 20.8 Å². The van der Waals surface area contributed by atoms with Gasteiger partial charge in [-0.3, -0.25) is 4.79 Å². The number of thiophene rings is 1. The number of benzene rings is 1. The molecule has 1 aliphatic carbocycles. The van der Waals surface area contributed by atoms with Crippen molar-refractivity contribution in [2.24, 2.45) is 5.92 Å². The van der Waals surface area contributed by atoms with E-state index in [-0.39, 0.29) is 12.0 Å². The van der Waals surface area contributed by atoms with Crippen molar-refractivity contribution in [2.75, 3.05) is 19.8 Å². The van der Waals surface area contributed by atoms with E-state index in [1.54, 1.807) is 12.1 Å². The normalized spacial score (nSPS) is 17.7. The third kappa shape index (κ3) is 7.84. The molecule has 1 fully saturated rings. The van der Waals surface area contributed by atoms with Gasteiger partial charge in [-0.05, 0) is 73.8 Å². The maximum atomic E-state index is 13.0. The van der Waals surface area contributed by atoms with E-state index in [9.17, 15) is 19.8 Å². The Morgan fingerprint density at radius 3 is 2.49 bits per heavy atom. The van der Waals surface area contributed by atoms with E-state index in [0.717, 1.165) is 66.5 Å². The van der Waals surface area contributed by atoms with Crippen molar-refractivity contribution in [3.8, 4) is 11.1 Å². The molecule has 3 N–H and O–H groups in total. The van der Waals surface area contributed by atoms with Gasteiger partial charge in [0.1, 0.15) is 17.0 Å². The van der Waals surface area contributed by atoms with Crippen molar-refractivity contribution in [3.63, 3.8) is 0 Å². The average molecular weight is 591 g/mol. The number of carbonyl (C=O) groups excluding carboxylic acids is 2. The third-order valence-corrected chi connectivity index (χ3v) is 8.81. The van der Waals surface area contributed by atoms with Crippen LogP contribution in [0.2, 0.25) is 10.0 Å². The van der Waals surface area contributed by atoms with Crippen molar-refractivity contribution in [2.45, 2.75) is 69.7 Å². The minimum atomic E-state index is -1.46. The second-order valence-electron chi connectivity index (χ2n) is 9.79. The first-order valence-electron chi connectivity index (χ1n) is 12.5. The second kappa shape index (κ2) is 13.6. The molecule has 0 saturated heterocycles. The minimum absolute atomic E-state index is 0.245. The summed E-state index contributed by atoms with van der Waals surface area (Å²) in [7, 11) is 0.